The van der Waals surface area contributed by atoms with Crippen LogP contribution in [0.15, 0.2) is 18.2 Å². The summed E-state index contributed by atoms with van der Waals surface area (Å²) in [7, 11) is 1.34. The summed E-state index contributed by atoms with van der Waals surface area (Å²) < 4.78 is 4.69. The quantitative estimate of drug-likeness (QED) is 0.847. The van der Waals surface area contributed by atoms with Crippen LogP contribution in [0.5, 0.6) is 0 Å². The molecule has 1 heterocycles. The molecule has 0 aliphatic carbocycles. The zero-order chi connectivity index (χ0) is 13.8. The molecule has 0 fully saturated rings. The molecule has 102 valence electrons. The van der Waals surface area contributed by atoms with Crippen LogP contribution in [-0.2, 0) is 9.53 Å². The molecule has 0 bridgehead atoms. The lowest BCUT2D eigenvalue weighted by molar-refractivity contribution is -0.115. The van der Waals surface area contributed by atoms with Crippen molar-refractivity contribution < 1.29 is 14.3 Å². The molecule has 0 saturated heterocycles. The fourth-order valence-corrected chi connectivity index (χ4v) is 2.23. The third-order valence-electron chi connectivity index (χ3n) is 3.13. The van der Waals surface area contributed by atoms with Gasteiger partial charge in [-0.25, -0.2) is 4.79 Å². The van der Waals surface area contributed by atoms with Crippen LogP contribution in [0.4, 0.5) is 11.4 Å². The fourth-order valence-electron chi connectivity index (χ4n) is 2.23. The number of hydrogen-bond acceptors (Lipinski definition) is 4. The van der Waals surface area contributed by atoms with Gasteiger partial charge in [0.05, 0.1) is 24.0 Å². The smallest absolute Gasteiger partial charge is 0.337 e. The zero-order valence-electron chi connectivity index (χ0n) is 11.2. The van der Waals surface area contributed by atoms with Crippen molar-refractivity contribution in [3.8, 4) is 0 Å². The Hall–Kier alpha value is -2.04. The van der Waals surface area contributed by atoms with Crippen molar-refractivity contribution in [3.63, 3.8) is 0 Å². The van der Waals surface area contributed by atoms with E-state index in [-0.39, 0.29) is 5.91 Å². The highest BCUT2D eigenvalue weighted by atomic mass is 16.5. The number of rotatable bonds is 3. The molecule has 0 aromatic heterocycles. The van der Waals surface area contributed by atoms with Gasteiger partial charge in [-0.15, -0.1) is 0 Å². The van der Waals surface area contributed by atoms with Crippen LogP contribution in [0.2, 0.25) is 0 Å². The van der Waals surface area contributed by atoms with Gasteiger partial charge in [0, 0.05) is 19.5 Å². The van der Waals surface area contributed by atoms with Crippen molar-refractivity contribution in [3.05, 3.63) is 23.8 Å². The van der Waals surface area contributed by atoms with E-state index in [1.807, 2.05) is 6.07 Å². The summed E-state index contributed by atoms with van der Waals surface area (Å²) in [6.45, 7) is 3.69. The molecule has 0 spiro atoms. The Morgan fingerprint density at radius 1 is 1.47 bits per heavy atom. The van der Waals surface area contributed by atoms with Crippen molar-refractivity contribution in [2.24, 2.45) is 0 Å². The van der Waals surface area contributed by atoms with Crippen molar-refractivity contribution in [1.82, 2.24) is 0 Å². The third-order valence-corrected chi connectivity index (χ3v) is 3.13. The summed E-state index contributed by atoms with van der Waals surface area (Å²) in [5.41, 5.74) is 2.08. The van der Waals surface area contributed by atoms with E-state index >= 15 is 0 Å². The van der Waals surface area contributed by atoms with Crippen LogP contribution in [-0.4, -0.2) is 32.1 Å². The normalized spacial score (nSPS) is 14.4. The van der Waals surface area contributed by atoms with Crippen molar-refractivity contribution in [1.29, 1.82) is 0 Å². The third kappa shape index (κ3) is 2.86. The number of fused-ring (bicyclic) bond motifs is 1. The molecule has 5 heteroatoms. The highest BCUT2D eigenvalue weighted by Gasteiger charge is 2.20. The van der Waals surface area contributed by atoms with E-state index in [1.54, 1.807) is 12.1 Å². The van der Waals surface area contributed by atoms with E-state index in [0.29, 0.717) is 24.2 Å². The van der Waals surface area contributed by atoms with E-state index in [1.165, 1.54) is 7.11 Å². The van der Waals surface area contributed by atoms with Crippen LogP contribution in [0.3, 0.4) is 0 Å². The van der Waals surface area contributed by atoms with E-state index in [2.05, 4.69) is 17.1 Å². The summed E-state index contributed by atoms with van der Waals surface area (Å²) in [6, 6.07) is 5.26. The summed E-state index contributed by atoms with van der Waals surface area (Å²) in [5, 5.41) is 2.84. The SMILES string of the molecule is CCCN1CCC(=O)Nc2cc(C(=O)OC)ccc21. The Balaban J connectivity index is 2.39. The molecule has 1 amide bonds. The molecule has 0 unspecified atom stereocenters. The standard InChI is InChI=1S/C14H18N2O3/c1-3-7-16-8-6-13(17)15-11-9-10(14(18)19-2)4-5-12(11)16/h4-5,9H,3,6-8H2,1-2H3,(H,15,17). The number of amides is 1. The summed E-state index contributed by atoms with van der Waals surface area (Å²) in [6.07, 6.45) is 1.47. The average Bonchev–Trinajstić information content (AvgIpc) is 2.57. The number of hydrogen-bond donors (Lipinski definition) is 1. The molecule has 1 aromatic rings. The predicted octanol–water partition coefficient (Wildman–Crippen LogP) is 2.03. The largest absolute Gasteiger partial charge is 0.465 e. The first-order valence-electron chi connectivity index (χ1n) is 6.43. The van der Waals surface area contributed by atoms with Gasteiger partial charge < -0.3 is 15.0 Å². The van der Waals surface area contributed by atoms with Gasteiger partial charge in [0.25, 0.3) is 0 Å². The number of nitrogens with zero attached hydrogens (tertiary/aromatic N) is 1. The second-order valence-electron chi connectivity index (χ2n) is 4.51. The molecular weight excluding hydrogens is 244 g/mol. The van der Waals surface area contributed by atoms with Crippen LogP contribution in [0.25, 0.3) is 0 Å². The number of benzene rings is 1. The van der Waals surface area contributed by atoms with Crippen molar-refractivity contribution in [2.45, 2.75) is 19.8 Å². The molecule has 1 aliphatic heterocycles. The molecule has 5 nitrogen and oxygen atoms in total. The first kappa shape index (κ1) is 13.4. The van der Waals surface area contributed by atoms with Gasteiger partial charge in [-0.05, 0) is 24.6 Å². The summed E-state index contributed by atoms with van der Waals surface area (Å²) in [4.78, 5) is 25.4. The molecule has 1 aromatic carbocycles. The van der Waals surface area contributed by atoms with Crippen molar-refractivity contribution in [2.75, 3.05) is 30.4 Å². The lowest BCUT2D eigenvalue weighted by Crippen LogP contribution is -2.25. The van der Waals surface area contributed by atoms with E-state index < -0.39 is 5.97 Å². The lowest BCUT2D eigenvalue weighted by Gasteiger charge is -2.23. The second-order valence-corrected chi connectivity index (χ2v) is 4.51. The van der Waals surface area contributed by atoms with Gasteiger partial charge in [-0.3, -0.25) is 4.79 Å². The summed E-state index contributed by atoms with van der Waals surface area (Å²) in [5.74, 6) is -0.426. The number of methoxy groups -OCH3 is 1. The van der Waals surface area contributed by atoms with Crippen LogP contribution in [0.1, 0.15) is 30.1 Å². The van der Waals surface area contributed by atoms with Gasteiger partial charge in [0.2, 0.25) is 5.91 Å². The molecule has 1 aliphatic rings. The van der Waals surface area contributed by atoms with Crippen LogP contribution < -0.4 is 10.2 Å². The molecule has 1 N–H and O–H groups in total. The van der Waals surface area contributed by atoms with Gasteiger partial charge in [-0.2, -0.15) is 0 Å². The fraction of sp³-hybridized carbons (Fsp3) is 0.429. The van der Waals surface area contributed by atoms with E-state index in [9.17, 15) is 9.59 Å². The maximum Gasteiger partial charge on any atom is 0.337 e. The molecular formula is C14H18N2O3. The Morgan fingerprint density at radius 3 is 2.95 bits per heavy atom. The minimum Gasteiger partial charge on any atom is -0.465 e. The molecule has 19 heavy (non-hydrogen) atoms. The van der Waals surface area contributed by atoms with E-state index in [4.69, 9.17) is 4.74 Å². The molecule has 0 saturated carbocycles. The lowest BCUT2D eigenvalue weighted by atomic mass is 10.1. The Morgan fingerprint density at radius 2 is 2.26 bits per heavy atom. The topological polar surface area (TPSA) is 58.6 Å². The zero-order valence-corrected chi connectivity index (χ0v) is 11.2. The molecule has 0 atom stereocenters. The van der Waals surface area contributed by atoms with Gasteiger partial charge in [0.15, 0.2) is 0 Å². The number of esters is 1. The second kappa shape index (κ2) is 5.73. The van der Waals surface area contributed by atoms with E-state index in [0.717, 1.165) is 18.7 Å². The maximum absolute atomic E-state index is 11.7. The minimum atomic E-state index is -0.400. The molecule has 0 radical (unpaired) electrons. The summed E-state index contributed by atoms with van der Waals surface area (Å²) >= 11 is 0. The van der Waals surface area contributed by atoms with Gasteiger partial charge >= 0.3 is 5.97 Å². The number of nitrogens with one attached hydrogen (secondary N) is 1. The highest BCUT2D eigenvalue weighted by Crippen LogP contribution is 2.30. The molecule has 2 rings (SSSR count). The first-order valence-corrected chi connectivity index (χ1v) is 6.43. The van der Waals surface area contributed by atoms with Crippen LogP contribution in [0, 0.1) is 0 Å². The van der Waals surface area contributed by atoms with Gasteiger partial charge in [-0.1, -0.05) is 6.92 Å². The Labute approximate surface area is 112 Å². The monoisotopic (exact) mass is 262 g/mol. The average molecular weight is 262 g/mol. The Kier molecular flexibility index (Phi) is 4.04. The van der Waals surface area contributed by atoms with Crippen molar-refractivity contribution >= 4 is 23.3 Å². The van der Waals surface area contributed by atoms with Crippen LogP contribution >= 0.6 is 0 Å². The minimum absolute atomic E-state index is 0.0260. The number of carbonyl (C=O) groups excluding carboxylic acids is 2. The first-order chi connectivity index (χ1) is 9.15. The van der Waals surface area contributed by atoms with Gasteiger partial charge in [0.1, 0.15) is 0 Å². The number of carbonyl (C=O) groups is 2. The number of anilines is 2. The highest BCUT2D eigenvalue weighted by molar-refractivity contribution is 5.99. The Bertz CT molecular complexity index is 499. The predicted molar refractivity (Wildman–Crippen MR) is 73.5 cm³/mol. The maximum atomic E-state index is 11.7. The number of ether oxygens (including phenoxy) is 1.